The molecule has 10 nitrogen and oxygen atoms in total. The fourth-order valence-electron chi connectivity index (χ4n) is 5.86. The van der Waals surface area contributed by atoms with Crippen molar-refractivity contribution in [1.82, 2.24) is 9.62 Å². The molecular weight excluding hydrogens is 728 g/mol. The van der Waals surface area contributed by atoms with Crippen LogP contribution in [-0.4, -0.2) is 69.7 Å². The van der Waals surface area contributed by atoms with Gasteiger partial charge in [-0.05, 0) is 100 Å². The average molecular weight is 768 g/mol. The van der Waals surface area contributed by atoms with E-state index in [1.54, 1.807) is 36.0 Å². The molecule has 0 radical (unpaired) electrons. The van der Waals surface area contributed by atoms with E-state index in [0.717, 1.165) is 34.8 Å². The van der Waals surface area contributed by atoms with Gasteiger partial charge in [-0.15, -0.1) is 11.8 Å². The number of alkyl halides is 3. The number of nitro groups is 1. The molecule has 1 fully saturated rings. The number of nitro benzene ring substituents is 1. The molecule has 4 aromatic carbocycles. The van der Waals surface area contributed by atoms with E-state index < -0.39 is 43.2 Å². The zero-order chi connectivity index (χ0) is 38.2. The van der Waals surface area contributed by atoms with E-state index in [0.29, 0.717) is 38.1 Å². The quantitative estimate of drug-likeness (QED) is 0.0748. The summed E-state index contributed by atoms with van der Waals surface area (Å²) in [5.41, 5.74) is 0.915. The van der Waals surface area contributed by atoms with Crippen LogP contribution in [0.2, 0.25) is 0 Å². The number of anilines is 2. The zero-order valence-corrected chi connectivity index (χ0v) is 30.8. The lowest BCUT2D eigenvalue weighted by Gasteiger charge is -2.30. The van der Waals surface area contributed by atoms with E-state index >= 15 is 0 Å². The highest BCUT2D eigenvalue weighted by Crippen LogP contribution is 2.34. The summed E-state index contributed by atoms with van der Waals surface area (Å²) in [6, 6.07) is 24.8. The second-order valence-corrected chi connectivity index (χ2v) is 15.6. The molecule has 0 saturated carbocycles. The Bertz CT molecular complexity index is 2030. The molecule has 4 aromatic rings. The Hall–Kier alpha value is -4.86. The van der Waals surface area contributed by atoms with Gasteiger partial charge < -0.3 is 15.1 Å². The van der Waals surface area contributed by atoms with Crippen molar-refractivity contribution in [3.63, 3.8) is 0 Å². The van der Waals surface area contributed by atoms with Crippen molar-refractivity contribution < 1.29 is 31.3 Å². The van der Waals surface area contributed by atoms with Crippen LogP contribution < -0.4 is 14.9 Å². The molecule has 1 saturated heterocycles. The Kier molecular flexibility index (Phi) is 12.9. The van der Waals surface area contributed by atoms with Crippen LogP contribution in [0.3, 0.4) is 0 Å². The van der Waals surface area contributed by atoms with Crippen molar-refractivity contribution in [2.24, 2.45) is 0 Å². The topological polar surface area (TPSA) is 125 Å². The lowest BCUT2D eigenvalue weighted by Crippen LogP contribution is -2.32. The number of hydrogen-bond donors (Lipinski definition) is 2. The van der Waals surface area contributed by atoms with E-state index in [1.807, 2.05) is 58.9 Å². The number of rotatable bonds is 14. The van der Waals surface area contributed by atoms with E-state index in [2.05, 4.69) is 5.32 Å². The van der Waals surface area contributed by atoms with Gasteiger partial charge in [0.2, 0.25) is 0 Å². The van der Waals surface area contributed by atoms with E-state index in [1.165, 1.54) is 36.4 Å². The van der Waals surface area contributed by atoms with Gasteiger partial charge in [-0.25, -0.2) is 13.1 Å². The van der Waals surface area contributed by atoms with Crippen molar-refractivity contribution in [2.45, 2.75) is 41.3 Å². The first kappa shape index (κ1) is 39.3. The molecule has 0 aromatic heterocycles. The molecule has 0 aliphatic carbocycles. The van der Waals surface area contributed by atoms with Gasteiger partial charge in [0, 0.05) is 47.1 Å². The van der Waals surface area contributed by atoms with Gasteiger partial charge >= 0.3 is 6.18 Å². The highest BCUT2D eigenvalue weighted by molar-refractivity contribution is 7.99. The van der Waals surface area contributed by atoms with Gasteiger partial charge in [-0.3, -0.25) is 14.9 Å². The van der Waals surface area contributed by atoms with Gasteiger partial charge in [-0.1, -0.05) is 48.0 Å². The number of sulfonamides is 1. The van der Waals surface area contributed by atoms with Crippen molar-refractivity contribution in [3.8, 4) is 0 Å². The third-order valence-corrected chi connectivity index (χ3v) is 11.2. The molecule has 0 bridgehead atoms. The van der Waals surface area contributed by atoms with Crippen LogP contribution in [0, 0.1) is 10.1 Å². The zero-order valence-electron chi connectivity index (χ0n) is 29.2. The summed E-state index contributed by atoms with van der Waals surface area (Å²) in [4.78, 5) is 29.2. The molecule has 0 spiro atoms. The summed E-state index contributed by atoms with van der Waals surface area (Å²) in [5.74, 6) is -0.296. The summed E-state index contributed by atoms with van der Waals surface area (Å²) >= 11 is 1.61. The standard InChI is InChI=1S/C38H40F3N5O5S2/c1-44(2)21-20-30(26-52-32-9-4-3-5-10-32)42-35-17-16-33(25-36(35)46(48)49)53(50,51)43-37(47)28-12-14-31(15-13-28)45-22-18-27(19-23-45)24-29-8-6-7-11-34(29)38(39,40)41/h3-17,24-25,30,42H,18-23,26H2,1-2H3,(H,43,47)/t30-/m1/s1. The van der Waals surface area contributed by atoms with Gasteiger partial charge in [0.05, 0.1) is 15.4 Å². The summed E-state index contributed by atoms with van der Waals surface area (Å²) in [5, 5.41) is 15.3. The monoisotopic (exact) mass is 767 g/mol. The number of nitrogens with one attached hydrogen (secondary N) is 2. The van der Waals surface area contributed by atoms with Gasteiger partial charge in [0.15, 0.2) is 0 Å². The SMILES string of the molecule is CN(C)CC[C@H](CSc1ccccc1)Nc1ccc(S(=O)(=O)NC(=O)c2ccc(N3CCC(=Cc4ccccc4C(F)(F)F)CC3)cc2)cc1[N+](=O)[O-]. The Balaban J connectivity index is 1.22. The molecule has 1 aliphatic heterocycles. The Morgan fingerprint density at radius 3 is 2.28 bits per heavy atom. The summed E-state index contributed by atoms with van der Waals surface area (Å²) < 4.78 is 68.8. The number of hydrogen-bond acceptors (Lipinski definition) is 9. The molecule has 1 heterocycles. The van der Waals surface area contributed by atoms with Crippen LogP contribution in [0.5, 0.6) is 0 Å². The number of halogens is 3. The minimum absolute atomic E-state index is 0.0612. The molecule has 1 aliphatic rings. The van der Waals surface area contributed by atoms with Crippen molar-refractivity contribution >= 4 is 50.8 Å². The van der Waals surface area contributed by atoms with Crippen LogP contribution in [0.15, 0.2) is 112 Å². The predicted octanol–water partition coefficient (Wildman–Crippen LogP) is 7.94. The summed E-state index contributed by atoms with van der Waals surface area (Å²) in [6.45, 7) is 1.82. The van der Waals surface area contributed by atoms with E-state index in [4.69, 9.17) is 0 Å². The number of carbonyl (C=O) groups excluding carboxylic acids is 1. The third-order valence-electron chi connectivity index (χ3n) is 8.71. The number of nitrogens with zero attached hydrogens (tertiary/aromatic N) is 3. The second-order valence-electron chi connectivity index (χ2n) is 12.8. The van der Waals surface area contributed by atoms with Crippen LogP contribution in [0.1, 0.15) is 40.7 Å². The number of benzene rings is 4. The molecule has 5 rings (SSSR count). The van der Waals surface area contributed by atoms with Crippen molar-refractivity contribution in [3.05, 3.63) is 129 Å². The third kappa shape index (κ3) is 10.8. The smallest absolute Gasteiger partial charge is 0.376 e. The van der Waals surface area contributed by atoms with Crippen LogP contribution in [0.25, 0.3) is 6.08 Å². The normalized spacial score (nSPS) is 14.2. The second kappa shape index (κ2) is 17.3. The average Bonchev–Trinajstić information content (AvgIpc) is 3.13. The fraction of sp³-hybridized carbons (Fsp3) is 0.289. The Labute approximate surface area is 311 Å². The summed E-state index contributed by atoms with van der Waals surface area (Å²) in [6.07, 6.45) is -1.07. The van der Waals surface area contributed by atoms with Crippen molar-refractivity contribution in [2.75, 3.05) is 49.7 Å². The predicted molar refractivity (Wildman–Crippen MR) is 203 cm³/mol. The van der Waals surface area contributed by atoms with Gasteiger partial charge in [-0.2, -0.15) is 13.2 Å². The molecule has 2 N–H and O–H groups in total. The van der Waals surface area contributed by atoms with Gasteiger partial charge in [0.1, 0.15) is 5.69 Å². The molecular formula is C38H40F3N5O5S2. The minimum atomic E-state index is -4.48. The van der Waals surface area contributed by atoms with E-state index in [-0.39, 0.29) is 22.9 Å². The number of piperidine rings is 1. The molecule has 15 heteroatoms. The minimum Gasteiger partial charge on any atom is -0.376 e. The number of thioether (sulfide) groups is 1. The van der Waals surface area contributed by atoms with Gasteiger partial charge in [0.25, 0.3) is 21.6 Å². The maximum atomic E-state index is 13.4. The molecule has 1 atom stereocenters. The van der Waals surface area contributed by atoms with E-state index in [9.17, 15) is 36.5 Å². The first-order valence-corrected chi connectivity index (χ1v) is 19.3. The Morgan fingerprint density at radius 1 is 0.981 bits per heavy atom. The maximum Gasteiger partial charge on any atom is 0.416 e. The first-order chi connectivity index (χ1) is 25.2. The number of amides is 1. The summed E-state index contributed by atoms with van der Waals surface area (Å²) in [7, 11) is -0.612. The molecule has 0 unspecified atom stereocenters. The van der Waals surface area contributed by atoms with Crippen LogP contribution in [0.4, 0.5) is 30.2 Å². The highest BCUT2D eigenvalue weighted by atomic mass is 32.2. The lowest BCUT2D eigenvalue weighted by molar-refractivity contribution is -0.384. The molecule has 1 amide bonds. The molecule has 53 heavy (non-hydrogen) atoms. The number of carbonyl (C=O) groups is 1. The van der Waals surface area contributed by atoms with Crippen LogP contribution in [-0.2, 0) is 16.2 Å². The fourth-order valence-corrected chi connectivity index (χ4v) is 7.84. The Morgan fingerprint density at radius 2 is 1.64 bits per heavy atom. The first-order valence-electron chi connectivity index (χ1n) is 16.8. The van der Waals surface area contributed by atoms with Crippen LogP contribution >= 0.6 is 11.8 Å². The lowest BCUT2D eigenvalue weighted by atomic mass is 9.98. The highest BCUT2D eigenvalue weighted by Gasteiger charge is 2.32. The van der Waals surface area contributed by atoms with Crippen molar-refractivity contribution in [1.29, 1.82) is 0 Å². The largest absolute Gasteiger partial charge is 0.416 e. The molecule has 280 valence electrons. The maximum absolute atomic E-state index is 13.4.